The molecule has 0 bridgehead atoms. The number of anilines is 1. The largest absolute Gasteiger partial charge is 0.295 e. The Balaban J connectivity index is 2.55. The van der Waals surface area contributed by atoms with Crippen LogP contribution < -0.4 is 4.72 Å². The number of Topliss-reactive ketones (excluding diaryl/α,β-unsaturated/α-hetero) is 1. The third kappa shape index (κ3) is 4.37. The van der Waals surface area contributed by atoms with Crippen LogP contribution in [0.25, 0.3) is 0 Å². The van der Waals surface area contributed by atoms with E-state index < -0.39 is 20.0 Å². The van der Waals surface area contributed by atoms with Gasteiger partial charge in [-0.05, 0) is 56.2 Å². The van der Waals surface area contributed by atoms with Gasteiger partial charge in [-0.15, -0.1) is 0 Å². The van der Waals surface area contributed by atoms with E-state index in [0.717, 1.165) is 4.31 Å². The normalized spacial score (nSPS) is 12.2. The number of ketones is 1. The van der Waals surface area contributed by atoms with E-state index in [-0.39, 0.29) is 26.8 Å². The van der Waals surface area contributed by atoms with E-state index >= 15 is 0 Å². The van der Waals surface area contributed by atoms with Crippen molar-refractivity contribution in [2.75, 3.05) is 18.8 Å². The standard InChI is InChI=1S/C18H22N2O5S2/c1-12-9-17(27(24,25)20(4)5)11-18(13(12)2)19-26(22,23)16-8-6-7-15(10-16)14(3)21/h6-11,19H,1-5H3. The summed E-state index contributed by atoms with van der Waals surface area (Å²) in [5, 5.41) is 0. The number of sulfonamides is 2. The molecule has 0 saturated heterocycles. The summed E-state index contributed by atoms with van der Waals surface area (Å²) >= 11 is 0. The van der Waals surface area contributed by atoms with Gasteiger partial charge >= 0.3 is 0 Å². The fourth-order valence-electron chi connectivity index (χ4n) is 2.38. The first-order valence-corrected chi connectivity index (χ1v) is 11.0. The SMILES string of the molecule is CC(=O)c1cccc(S(=O)(=O)Nc2cc(S(=O)(=O)N(C)C)cc(C)c2C)c1. The number of carbonyl (C=O) groups excluding carboxylic acids is 1. The molecule has 0 aliphatic heterocycles. The minimum Gasteiger partial charge on any atom is -0.295 e. The first-order chi connectivity index (χ1) is 12.4. The third-order valence-corrected chi connectivity index (χ3v) is 7.37. The van der Waals surface area contributed by atoms with Gasteiger partial charge in [0.25, 0.3) is 10.0 Å². The monoisotopic (exact) mass is 410 g/mol. The highest BCUT2D eigenvalue weighted by Crippen LogP contribution is 2.27. The lowest BCUT2D eigenvalue weighted by Gasteiger charge is -2.17. The van der Waals surface area contributed by atoms with Gasteiger partial charge in [-0.2, -0.15) is 0 Å². The Labute approximate surface area is 160 Å². The van der Waals surface area contributed by atoms with Crippen LogP contribution in [-0.4, -0.2) is 41.0 Å². The Morgan fingerprint density at radius 2 is 1.59 bits per heavy atom. The van der Waals surface area contributed by atoms with Gasteiger partial charge in [0.05, 0.1) is 15.5 Å². The molecule has 0 aliphatic carbocycles. The average molecular weight is 411 g/mol. The number of benzene rings is 2. The van der Waals surface area contributed by atoms with E-state index in [1.165, 1.54) is 57.4 Å². The van der Waals surface area contributed by atoms with Crippen LogP contribution in [0.15, 0.2) is 46.2 Å². The zero-order valence-electron chi connectivity index (χ0n) is 15.8. The van der Waals surface area contributed by atoms with Gasteiger partial charge in [0, 0.05) is 19.7 Å². The minimum atomic E-state index is -4.00. The van der Waals surface area contributed by atoms with Crippen LogP contribution in [0.1, 0.15) is 28.4 Å². The number of nitrogens with zero attached hydrogens (tertiary/aromatic N) is 1. The quantitative estimate of drug-likeness (QED) is 0.738. The van der Waals surface area contributed by atoms with Gasteiger partial charge in [0.15, 0.2) is 5.78 Å². The smallest absolute Gasteiger partial charge is 0.261 e. The van der Waals surface area contributed by atoms with Crippen molar-refractivity contribution in [3.8, 4) is 0 Å². The maximum atomic E-state index is 12.8. The second-order valence-corrected chi connectivity index (χ2v) is 10.2. The topological polar surface area (TPSA) is 101 Å². The molecule has 0 aromatic heterocycles. The van der Waals surface area contributed by atoms with Gasteiger partial charge in [-0.1, -0.05) is 12.1 Å². The summed E-state index contributed by atoms with van der Waals surface area (Å²) in [5.41, 5.74) is 1.69. The maximum absolute atomic E-state index is 12.8. The Kier molecular flexibility index (Phi) is 5.79. The first kappa shape index (κ1) is 21.1. The Bertz CT molecular complexity index is 1100. The Morgan fingerprint density at radius 3 is 2.15 bits per heavy atom. The summed E-state index contributed by atoms with van der Waals surface area (Å²) in [5.74, 6) is -0.252. The van der Waals surface area contributed by atoms with Crippen LogP contribution >= 0.6 is 0 Å². The van der Waals surface area contributed by atoms with E-state index in [0.29, 0.717) is 11.1 Å². The zero-order chi connectivity index (χ0) is 20.6. The van der Waals surface area contributed by atoms with Gasteiger partial charge < -0.3 is 0 Å². The molecular weight excluding hydrogens is 388 g/mol. The highest BCUT2D eigenvalue weighted by Gasteiger charge is 2.22. The molecule has 0 heterocycles. The predicted molar refractivity (Wildman–Crippen MR) is 104 cm³/mol. The number of rotatable bonds is 6. The molecule has 2 aromatic carbocycles. The first-order valence-electron chi connectivity index (χ1n) is 8.04. The van der Waals surface area contributed by atoms with Crippen molar-refractivity contribution in [2.24, 2.45) is 0 Å². The van der Waals surface area contributed by atoms with E-state index in [2.05, 4.69) is 4.72 Å². The molecule has 0 unspecified atom stereocenters. The number of hydrogen-bond acceptors (Lipinski definition) is 5. The summed E-state index contributed by atoms with van der Waals surface area (Å²) in [7, 11) is -4.92. The number of aryl methyl sites for hydroxylation is 1. The summed E-state index contributed by atoms with van der Waals surface area (Å²) < 4.78 is 53.8. The van der Waals surface area contributed by atoms with Crippen LogP contribution in [0.3, 0.4) is 0 Å². The molecule has 9 heteroatoms. The number of carbonyl (C=O) groups is 1. The molecule has 0 atom stereocenters. The lowest BCUT2D eigenvalue weighted by atomic mass is 10.1. The highest BCUT2D eigenvalue weighted by atomic mass is 32.2. The summed E-state index contributed by atoms with van der Waals surface area (Å²) in [6.45, 7) is 4.76. The molecule has 0 radical (unpaired) electrons. The molecule has 146 valence electrons. The molecule has 0 spiro atoms. The summed E-state index contributed by atoms with van der Waals surface area (Å²) in [6, 6.07) is 8.46. The molecule has 0 saturated carbocycles. The number of nitrogens with one attached hydrogen (secondary N) is 1. The molecule has 0 fully saturated rings. The van der Waals surface area contributed by atoms with Gasteiger partial charge in [-0.3, -0.25) is 9.52 Å². The van der Waals surface area contributed by atoms with E-state index in [1.807, 2.05) is 0 Å². The molecular formula is C18H22N2O5S2. The van der Waals surface area contributed by atoms with Crippen molar-refractivity contribution >= 4 is 31.5 Å². The molecule has 0 amide bonds. The summed E-state index contributed by atoms with van der Waals surface area (Å²) in [6.07, 6.45) is 0. The predicted octanol–water partition coefficient (Wildman–Crippen LogP) is 2.56. The van der Waals surface area contributed by atoms with Crippen LogP contribution in [0, 0.1) is 13.8 Å². The van der Waals surface area contributed by atoms with Crippen molar-refractivity contribution in [3.63, 3.8) is 0 Å². The van der Waals surface area contributed by atoms with Gasteiger partial charge in [0.1, 0.15) is 0 Å². The fraction of sp³-hybridized carbons (Fsp3) is 0.278. The number of hydrogen-bond donors (Lipinski definition) is 1. The zero-order valence-corrected chi connectivity index (χ0v) is 17.4. The lowest BCUT2D eigenvalue weighted by molar-refractivity contribution is 0.101. The molecule has 1 N–H and O–H groups in total. The van der Waals surface area contributed by atoms with Crippen LogP contribution in [0.2, 0.25) is 0 Å². The maximum Gasteiger partial charge on any atom is 0.261 e. The second kappa shape index (κ2) is 7.41. The van der Waals surface area contributed by atoms with Crippen LogP contribution in [-0.2, 0) is 20.0 Å². The minimum absolute atomic E-state index is 0.00853. The summed E-state index contributed by atoms with van der Waals surface area (Å²) in [4.78, 5) is 11.4. The third-order valence-electron chi connectivity index (χ3n) is 4.21. The van der Waals surface area contributed by atoms with E-state index in [9.17, 15) is 21.6 Å². The molecule has 2 rings (SSSR count). The van der Waals surface area contributed by atoms with Crippen molar-refractivity contribution in [1.29, 1.82) is 0 Å². The molecule has 2 aromatic rings. The Morgan fingerprint density at radius 1 is 0.963 bits per heavy atom. The molecule has 27 heavy (non-hydrogen) atoms. The van der Waals surface area contributed by atoms with Crippen molar-refractivity contribution in [2.45, 2.75) is 30.6 Å². The Hall–Kier alpha value is -2.23. The average Bonchev–Trinajstić information content (AvgIpc) is 2.58. The van der Waals surface area contributed by atoms with Crippen LogP contribution in [0.5, 0.6) is 0 Å². The van der Waals surface area contributed by atoms with Crippen molar-refractivity contribution in [3.05, 3.63) is 53.1 Å². The lowest BCUT2D eigenvalue weighted by Crippen LogP contribution is -2.23. The molecule has 0 aliphatic rings. The second-order valence-electron chi connectivity index (χ2n) is 6.39. The highest BCUT2D eigenvalue weighted by molar-refractivity contribution is 7.92. The molecule has 7 nitrogen and oxygen atoms in total. The van der Waals surface area contributed by atoms with Crippen molar-refractivity contribution < 1.29 is 21.6 Å². The van der Waals surface area contributed by atoms with Gasteiger partial charge in [-0.25, -0.2) is 21.1 Å². The van der Waals surface area contributed by atoms with Crippen LogP contribution in [0.4, 0.5) is 5.69 Å². The van der Waals surface area contributed by atoms with E-state index in [1.54, 1.807) is 13.8 Å². The van der Waals surface area contributed by atoms with E-state index in [4.69, 9.17) is 0 Å². The van der Waals surface area contributed by atoms with Gasteiger partial charge in [0.2, 0.25) is 10.0 Å². The fourth-order valence-corrected chi connectivity index (χ4v) is 4.55. The van der Waals surface area contributed by atoms with Crippen molar-refractivity contribution in [1.82, 2.24) is 4.31 Å².